The number of rotatable bonds is 8. The third-order valence-corrected chi connectivity index (χ3v) is 6.03. The molecule has 5 nitrogen and oxygen atoms in total. The van der Waals surface area contributed by atoms with Crippen LogP contribution in [0, 0.1) is 6.92 Å². The smallest absolute Gasteiger partial charge is 0.251 e. The first-order valence-electron chi connectivity index (χ1n) is 10.1. The van der Waals surface area contributed by atoms with Crippen molar-refractivity contribution in [2.24, 2.45) is 0 Å². The van der Waals surface area contributed by atoms with Crippen molar-refractivity contribution in [3.05, 3.63) is 65.2 Å². The van der Waals surface area contributed by atoms with Crippen molar-refractivity contribution < 1.29 is 9.59 Å². The Hall–Kier alpha value is -2.31. The second-order valence-corrected chi connectivity index (χ2v) is 8.49. The molecule has 1 aliphatic rings. The van der Waals surface area contributed by atoms with Gasteiger partial charge in [-0.1, -0.05) is 30.3 Å². The lowest BCUT2D eigenvalue weighted by molar-refractivity contribution is -0.116. The topological polar surface area (TPSA) is 61.4 Å². The van der Waals surface area contributed by atoms with Crippen molar-refractivity contribution in [1.82, 2.24) is 10.2 Å². The molecule has 1 saturated heterocycles. The van der Waals surface area contributed by atoms with Crippen LogP contribution in [0.5, 0.6) is 0 Å². The van der Waals surface area contributed by atoms with Crippen LogP contribution in [-0.2, 0) is 11.2 Å². The molecule has 2 amide bonds. The van der Waals surface area contributed by atoms with E-state index in [4.69, 9.17) is 0 Å². The summed E-state index contributed by atoms with van der Waals surface area (Å²) >= 11 is 2.03. The molecule has 3 rings (SSSR count). The van der Waals surface area contributed by atoms with E-state index >= 15 is 0 Å². The first-order chi connectivity index (χ1) is 14.1. The minimum Gasteiger partial charge on any atom is -0.352 e. The van der Waals surface area contributed by atoms with E-state index in [2.05, 4.69) is 27.7 Å². The van der Waals surface area contributed by atoms with Gasteiger partial charge in [-0.05, 0) is 42.7 Å². The Bertz CT molecular complexity index is 817. The Morgan fingerprint density at radius 3 is 2.48 bits per heavy atom. The summed E-state index contributed by atoms with van der Waals surface area (Å²) in [4.78, 5) is 26.8. The van der Waals surface area contributed by atoms with Gasteiger partial charge in [-0.2, -0.15) is 11.8 Å². The van der Waals surface area contributed by atoms with E-state index in [-0.39, 0.29) is 18.2 Å². The predicted octanol–water partition coefficient (Wildman–Crippen LogP) is 3.34. The van der Waals surface area contributed by atoms with Gasteiger partial charge in [0.25, 0.3) is 5.91 Å². The van der Waals surface area contributed by atoms with Gasteiger partial charge in [0.2, 0.25) is 5.91 Å². The molecule has 0 unspecified atom stereocenters. The molecule has 0 spiro atoms. The molecule has 2 aromatic carbocycles. The summed E-state index contributed by atoms with van der Waals surface area (Å²) in [5.41, 5.74) is 3.64. The number of hydrogen-bond donors (Lipinski definition) is 2. The maximum Gasteiger partial charge on any atom is 0.251 e. The number of carbonyl (C=O) groups is 2. The van der Waals surface area contributed by atoms with Crippen LogP contribution in [0.25, 0.3) is 0 Å². The molecule has 0 aliphatic carbocycles. The fourth-order valence-electron chi connectivity index (χ4n) is 3.30. The Morgan fingerprint density at radius 2 is 1.76 bits per heavy atom. The molecule has 1 heterocycles. The fourth-order valence-corrected chi connectivity index (χ4v) is 4.28. The average molecular weight is 412 g/mol. The molecule has 2 aromatic rings. The normalized spacial score (nSPS) is 14.4. The van der Waals surface area contributed by atoms with Gasteiger partial charge >= 0.3 is 0 Å². The summed E-state index contributed by atoms with van der Waals surface area (Å²) < 4.78 is 0. The first-order valence-corrected chi connectivity index (χ1v) is 11.3. The summed E-state index contributed by atoms with van der Waals surface area (Å²) in [7, 11) is 0. The van der Waals surface area contributed by atoms with Crippen LogP contribution in [0.1, 0.15) is 27.9 Å². The Morgan fingerprint density at radius 1 is 1.03 bits per heavy atom. The molecule has 0 aromatic heterocycles. The van der Waals surface area contributed by atoms with Crippen molar-refractivity contribution in [3.63, 3.8) is 0 Å². The summed E-state index contributed by atoms with van der Waals surface area (Å²) in [6.45, 7) is 5.66. The lowest BCUT2D eigenvalue weighted by atomic mass is 10.1. The van der Waals surface area contributed by atoms with Gasteiger partial charge in [0.05, 0.1) is 0 Å². The highest BCUT2D eigenvalue weighted by Crippen LogP contribution is 2.13. The van der Waals surface area contributed by atoms with Crippen molar-refractivity contribution in [2.75, 3.05) is 43.0 Å². The Balaban J connectivity index is 1.37. The summed E-state index contributed by atoms with van der Waals surface area (Å²) in [5.74, 6) is 2.22. The lowest BCUT2D eigenvalue weighted by Gasteiger charge is -2.26. The largest absolute Gasteiger partial charge is 0.352 e. The number of carbonyl (C=O) groups excluding carboxylic acids is 2. The lowest BCUT2D eigenvalue weighted by Crippen LogP contribution is -2.34. The fraction of sp³-hybridized carbons (Fsp3) is 0.391. The highest BCUT2D eigenvalue weighted by molar-refractivity contribution is 7.99. The number of nitrogens with one attached hydrogen (secondary N) is 2. The number of thioether (sulfide) groups is 1. The van der Waals surface area contributed by atoms with Gasteiger partial charge in [-0.15, -0.1) is 0 Å². The second-order valence-electron chi connectivity index (χ2n) is 7.27. The third kappa shape index (κ3) is 6.91. The van der Waals surface area contributed by atoms with Crippen molar-refractivity contribution in [1.29, 1.82) is 0 Å². The first kappa shape index (κ1) is 21.4. The Labute approximate surface area is 177 Å². The number of anilines is 1. The number of hydrogen-bond acceptors (Lipinski definition) is 4. The van der Waals surface area contributed by atoms with E-state index < -0.39 is 0 Å². The third-order valence-electron chi connectivity index (χ3n) is 5.09. The van der Waals surface area contributed by atoms with Crippen LogP contribution in [0.4, 0.5) is 5.69 Å². The molecule has 0 radical (unpaired) electrons. The zero-order valence-corrected chi connectivity index (χ0v) is 17.8. The van der Waals surface area contributed by atoms with Gasteiger partial charge in [-0.25, -0.2) is 0 Å². The predicted molar refractivity (Wildman–Crippen MR) is 121 cm³/mol. The van der Waals surface area contributed by atoms with E-state index in [1.54, 1.807) is 6.07 Å². The average Bonchev–Trinajstić information content (AvgIpc) is 2.74. The van der Waals surface area contributed by atoms with E-state index in [0.29, 0.717) is 12.1 Å². The molecule has 2 N–H and O–H groups in total. The highest BCUT2D eigenvalue weighted by Gasteiger charge is 2.11. The molecule has 6 heteroatoms. The monoisotopic (exact) mass is 411 g/mol. The second kappa shape index (κ2) is 11.0. The van der Waals surface area contributed by atoms with E-state index in [0.717, 1.165) is 24.2 Å². The van der Waals surface area contributed by atoms with E-state index in [1.165, 1.54) is 30.2 Å². The van der Waals surface area contributed by atoms with Crippen LogP contribution in [0.3, 0.4) is 0 Å². The summed E-state index contributed by atoms with van der Waals surface area (Å²) in [5, 5.41) is 5.70. The van der Waals surface area contributed by atoms with Crippen molar-refractivity contribution in [3.8, 4) is 0 Å². The van der Waals surface area contributed by atoms with Gasteiger partial charge in [0.1, 0.15) is 0 Å². The minimum atomic E-state index is -0.146. The molecule has 154 valence electrons. The number of nitrogens with zero attached hydrogens (tertiary/aromatic N) is 1. The number of aryl methyl sites for hydroxylation is 1. The standard InChI is InChI=1S/C23H29N3O2S/c1-18-4-2-3-5-21(18)23(28)24-12-10-22(27)25-20-8-6-19(7-9-20)11-13-26-14-16-29-17-15-26/h2-9H,10-17H2,1H3,(H,24,28)(H,25,27). The molecule has 1 aliphatic heterocycles. The number of amides is 2. The molecular formula is C23H29N3O2S. The van der Waals surface area contributed by atoms with Crippen molar-refractivity contribution in [2.45, 2.75) is 19.8 Å². The van der Waals surface area contributed by atoms with Crippen LogP contribution >= 0.6 is 11.8 Å². The molecule has 29 heavy (non-hydrogen) atoms. The SMILES string of the molecule is Cc1ccccc1C(=O)NCCC(=O)Nc1ccc(CCN2CCSCC2)cc1. The van der Waals surface area contributed by atoms with Gasteiger partial charge in [0.15, 0.2) is 0 Å². The van der Waals surface area contributed by atoms with E-state index in [1.807, 2.05) is 49.0 Å². The zero-order chi connectivity index (χ0) is 20.5. The maximum atomic E-state index is 12.2. The van der Waals surface area contributed by atoms with Gasteiger partial charge in [0, 0.05) is 55.4 Å². The van der Waals surface area contributed by atoms with Crippen molar-refractivity contribution >= 4 is 29.3 Å². The van der Waals surface area contributed by atoms with Crippen LogP contribution in [0.2, 0.25) is 0 Å². The zero-order valence-electron chi connectivity index (χ0n) is 16.9. The Kier molecular flexibility index (Phi) is 8.14. The maximum absolute atomic E-state index is 12.2. The summed E-state index contributed by atoms with van der Waals surface area (Å²) in [6.07, 6.45) is 1.27. The van der Waals surface area contributed by atoms with Crippen LogP contribution < -0.4 is 10.6 Å². The van der Waals surface area contributed by atoms with Crippen LogP contribution in [-0.4, -0.2) is 54.4 Å². The summed E-state index contributed by atoms with van der Waals surface area (Å²) in [6, 6.07) is 15.5. The molecule has 0 saturated carbocycles. The highest BCUT2D eigenvalue weighted by atomic mass is 32.2. The minimum absolute atomic E-state index is 0.103. The number of benzene rings is 2. The van der Waals surface area contributed by atoms with Gasteiger partial charge < -0.3 is 15.5 Å². The van der Waals surface area contributed by atoms with E-state index in [9.17, 15) is 9.59 Å². The van der Waals surface area contributed by atoms with Gasteiger partial charge in [-0.3, -0.25) is 9.59 Å². The molecule has 1 fully saturated rings. The molecule has 0 atom stereocenters. The quantitative estimate of drug-likeness (QED) is 0.699. The molecule has 0 bridgehead atoms. The van der Waals surface area contributed by atoms with Crippen LogP contribution in [0.15, 0.2) is 48.5 Å². The molecular weight excluding hydrogens is 382 g/mol.